The van der Waals surface area contributed by atoms with Crippen molar-refractivity contribution in [2.24, 2.45) is 5.92 Å². The van der Waals surface area contributed by atoms with Crippen molar-refractivity contribution >= 4 is 34.1 Å². The second-order valence-electron chi connectivity index (χ2n) is 6.92. The van der Waals surface area contributed by atoms with Crippen LogP contribution in [0.3, 0.4) is 0 Å². The van der Waals surface area contributed by atoms with Gasteiger partial charge in [-0.3, -0.25) is 9.78 Å². The number of benzene rings is 1. The summed E-state index contributed by atoms with van der Waals surface area (Å²) in [6.07, 6.45) is 4.40. The highest BCUT2D eigenvalue weighted by atomic mass is 35.5. The molecule has 2 heterocycles. The van der Waals surface area contributed by atoms with Gasteiger partial charge in [-0.1, -0.05) is 25.4 Å². The highest BCUT2D eigenvalue weighted by Gasteiger charge is 2.23. The largest absolute Gasteiger partial charge is 0.382 e. The van der Waals surface area contributed by atoms with E-state index in [1.54, 1.807) is 0 Å². The van der Waals surface area contributed by atoms with Crippen molar-refractivity contribution in [3.05, 3.63) is 35.5 Å². The number of fused-ring (bicyclic) bond motifs is 1. The number of hydrogen-bond donors (Lipinski definition) is 1. The van der Waals surface area contributed by atoms with Crippen molar-refractivity contribution in [1.82, 2.24) is 9.88 Å². The lowest BCUT2D eigenvalue weighted by atomic mass is 10.0. The molecule has 1 aromatic heterocycles. The average molecular weight is 346 g/mol. The first-order chi connectivity index (χ1) is 11.5. The van der Waals surface area contributed by atoms with Crippen LogP contribution in [-0.4, -0.2) is 34.9 Å². The number of pyridine rings is 1. The molecule has 1 fully saturated rings. The van der Waals surface area contributed by atoms with Gasteiger partial charge in [-0.15, -0.1) is 0 Å². The number of nitrogens with one attached hydrogen (secondary N) is 1. The molecule has 0 atom stereocenters. The molecule has 128 valence electrons. The molecule has 0 spiro atoms. The van der Waals surface area contributed by atoms with Crippen molar-refractivity contribution in [2.75, 3.05) is 18.4 Å². The standard InChI is InChI=1S/C19H24ClN3O/c1-13(2)11-19(24)23-9-6-15(7-10-23)22-17-5-8-21-18-12-14(20)3-4-16(17)18/h3-5,8,12-13,15H,6-7,9-11H2,1-2H3,(H,21,22). The summed E-state index contributed by atoms with van der Waals surface area (Å²) in [5.41, 5.74) is 1.99. The van der Waals surface area contributed by atoms with Crippen LogP contribution in [0.5, 0.6) is 0 Å². The zero-order chi connectivity index (χ0) is 17.1. The van der Waals surface area contributed by atoms with Gasteiger partial charge in [0.1, 0.15) is 0 Å². The number of hydrogen-bond acceptors (Lipinski definition) is 3. The molecule has 5 heteroatoms. The van der Waals surface area contributed by atoms with E-state index in [4.69, 9.17) is 11.6 Å². The second kappa shape index (κ2) is 7.39. The number of amides is 1. The van der Waals surface area contributed by atoms with Crippen molar-refractivity contribution in [1.29, 1.82) is 0 Å². The van der Waals surface area contributed by atoms with Gasteiger partial charge in [0.25, 0.3) is 0 Å². The third-order valence-electron chi connectivity index (χ3n) is 4.49. The Balaban J connectivity index is 1.63. The van der Waals surface area contributed by atoms with Crippen LogP contribution in [0.2, 0.25) is 5.02 Å². The molecule has 4 nitrogen and oxygen atoms in total. The minimum Gasteiger partial charge on any atom is -0.382 e. The zero-order valence-corrected chi connectivity index (χ0v) is 15.0. The van der Waals surface area contributed by atoms with E-state index in [2.05, 4.69) is 24.1 Å². The highest BCUT2D eigenvalue weighted by molar-refractivity contribution is 6.31. The van der Waals surface area contributed by atoms with Crippen LogP contribution in [-0.2, 0) is 4.79 Å². The van der Waals surface area contributed by atoms with Crippen molar-refractivity contribution in [2.45, 2.75) is 39.2 Å². The summed E-state index contributed by atoms with van der Waals surface area (Å²) in [4.78, 5) is 18.5. The number of aromatic nitrogens is 1. The number of carbonyl (C=O) groups is 1. The van der Waals surface area contributed by atoms with Crippen molar-refractivity contribution in [3.8, 4) is 0 Å². The molecular weight excluding hydrogens is 322 g/mol. The molecular formula is C19H24ClN3O. The first kappa shape index (κ1) is 17.0. The van der Waals surface area contributed by atoms with E-state index in [9.17, 15) is 4.79 Å². The SMILES string of the molecule is CC(C)CC(=O)N1CCC(Nc2ccnc3cc(Cl)ccc23)CC1. The number of rotatable bonds is 4. The summed E-state index contributed by atoms with van der Waals surface area (Å²) in [6, 6.07) is 8.18. The summed E-state index contributed by atoms with van der Waals surface area (Å²) in [5.74, 6) is 0.704. The molecule has 1 amide bonds. The third kappa shape index (κ3) is 3.99. The Morgan fingerprint density at radius 3 is 2.79 bits per heavy atom. The molecule has 0 unspecified atom stereocenters. The van der Waals surface area contributed by atoms with E-state index in [0.29, 0.717) is 23.4 Å². The van der Waals surface area contributed by atoms with Crippen LogP contribution in [0.4, 0.5) is 5.69 Å². The maximum atomic E-state index is 12.2. The first-order valence-corrected chi connectivity index (χ1v) is 8.99. The van der Waals surface area contributed by atoms with Crippen LogP contribution < -0.4 is 5.32 Å². The third-order valence-corrected chi connectivity index (χ3v) is 4.73. The summed E-state index contributed by atoms with van der Waals surface area (Å²) < 4.78 is 0. The van der Waals surface area contributed by atoms with E-state index in [1.807, 2.05) is 35.4 Å². The fraction of sp³-hybridized carbons (Fsp3) is 0.474. The van der Waals surface area contributed by atoms with Gasteiger partial charge in [0, 0.05) is 47.8 Å². The van der Waals surface area contributed by atoms with Crippen molar-refractivity contribution < 1.29 is 4.79 Å². The molecule has 1 aliphatic heterocycles. The van der Waals surface area contributed by atoms with Gasteiger partial charge in [-0.05, 0) is 43.0 Å². The topological polar surface area (TPSA) is 45.2 Å². The lowest BCUT2D eigenvalue weighted by molar-refractivity contribution is -0.132. The molecule has 1 aliphatic rings. The summed E-state index contributed by atoms with van der Waals surface area (Å²) in [7, 11) is 0. The molecule has 0 radical (unpaired) electrons. The summed E-state index contributed by atoms with van der Waals surface area (Å²) in [5, 5.41) is 5.40. The monoisotopic (exact) mass is 345 g/mol. The van der Waals surface area contributed by atoms with Gasteiger partial charge in [0.05, 0.1) is 5.52 Å². The number of anilines is 1. The molecule has 1 aromatic carbocycles. The Hall–Kier alpha value is -1.81. The van der Waals surface area contributed by atoms with Gasteiger partial charge in [0.15, 0.2) is 0 Å². The van der Waals surface area contributed by atoms with E-state index < -0.39 is 0 Å². The fourth-order valence-electron chi connectivity index (χ4n) is 3.22. The van der Waals surface area contributed by atoms with Crippen LogP contribution in [0.25, 0.3) is 10.9 Å². The molecule has 1 saturated heterocycles. The Morgan fingerprint density at radius 2 is 2.08 bits per heavy atom. The number of piperidine rings is 1. The average Bonchev–Trinajstić information content (AvgIpc) is 2.55. The van der Waals surface area contributed by atoms with Crippen LogP contribution >= 0.6 is 11.6 Å². The van der Waals surface area contributed by atoms with Gasteiger partial charge in [-0.25, -0.2) is 0 Å². The molecule has 0 saturated carbocycles. The Labute approximate surface area is 148 Å². The molecule has 1 N–H and O–H groups in total. The van der Waals surface area contributed by atoms with E-state index >= 15 is 0 Å². The highest BCUT2D eigenvalue weighted by Crippen LogP contribution is 2.26. The van der Waals surface area contributed by atoms with E-state index in [1.165, 1.54) is 0 Å². The Kier molecular flexibility index (Phi) is 5.24. The Morgan fingerprint density at radius 1 is 1.33 bits per heavy atom. The normalized spacial score (nSPS) is 15.9. The summed E-state index contributed by atoms with van der Waals surface area (Å²) in [6.45, 7) is 5.84. The number of carbonyl (C=O) groups excluding carboxylic acids is 1. The van der Waals surface area contributed by atoms with Crippen LogP contribution in [0.1, 0.15) is 33.1 Å². The number of likely N-dealkylation sites (tertiary alicyclic amines) is 1. The predicted molar refractivity (Wildman–Crippen MR) is 99.4 cm³/mol. The number of halogens is 1. The molecule has 2 aromatic rings. The smallest absolute Gasteiger partial charge is 0.222 e. The predicted octanol–water partition coefficient (Wildman–Crippen LogP) is 4.34. The lowest BCUT2D eigenvalue weighted by Gasteiger charge is -2.33. The van der Waals surface area contributed by atoms with Gasteiger partial charge < -0.3 is 10.2 Å². The number of nitrogens with zero attached hydrogens (tertiary/aromatic N) is 2. The van der Waals surface area contributed by atoms with E-state index in [-0.39, 0.29) is 5.91 Å². The Bertz CT molecular complexity index is 724. The van der Waals surface area contributed by atoms with Gasteiger partial charge in [0.2, 0.25) is 5.91 Å². The van der Waals surface area contributed by atoms with Crippen molar-refractivity contribution in [3.63, 3.8) is 0 Å². The summed E-state index contributed by atoms with van der Waals surface area (Å²) >= 11 is 6.05. The quantitative estimate of drug-likeness (QED) is 0.896. The fourth-order valence-corrected chi connectivity index (χ4v) is 3.38. The lowest BCUT2D eigenvalue weighted by Crippen LogP contribution is -2.42. The second-order valence-corrected chi connectivity index (χ2v) is 7.35. The van der Waals surface area contributed by atoms with Crippen LogP contribution in [0, 0.1) is 5.92 Å². The maximum Gasteiger partial charge on any atom is 0.222 e. The molecule has 0 aliphatic carbocycles. The molecule has 24 heavy (non-hydrogen) atoms. The first-order valence-electron chi connectivity index (χ1n) is 8.61. The minimum atomic E-state index is 0.285. The van der Waals surface area contributed by atoms with Gasteiger partial charge in [-0.2, -0.15) is 0 Å². The molecule has 3 rings (SSSR count). The zero-order valence-electron chi connectivity index (χ0n) is 14.3. The minimum absolute atomic E-state index is 0.285. The van der Waals surface area contributed by atoms with Gasteiger partial charge >= 0.3 is 0 Å². The molecule has 0 bridgehead atoms. The van der Waals surface area contributed by atoms with E-state index in [0.717, 1.165) is 42.5 Å². The van der Waals surface area contributed by atoms with Crippen LogP contribution in [0.15, 0.2) is 30.5 Å². The maximum absolute atomic E-state index is 12.2.